The van der Waals surface area contributed by atoms with Gasteiger partial charge in [-0.05, 0) is 12.5 Å². The molecule has 0 saturated carbocycles. The van der Waals surface area contributed by atoms with Crippen LogP contribution in [0.4, 0.5) is 5.69 Å². The second-order valence-electron chi connectivity index (χ2n) is 3.68. The maximum atomic E-state index is 10.8. The topological polar surface area (TPSA) is 69.2 Å². The first kappa shape index (κ1) is 14.3. The molecule has 0 fully saturated rings. The molecule has 4 nitrogen and oxygen atoms in total. The summed E-state index contributed by atoms with van der Waals surface area (Å²) in [6, 6.07) is 4.86. The van der Waals surface area contributed by atoms with Crippen molar-refractivity contribution in [3.05, 3.63) is 38.9 Å². The predicted octanol–water partition coefficient (Wildman–Crippen LogP) is 3.22. The summed E-state index contributed by atoms with van der Waals surface area (Å²) in [5, 5.41) is 11.3. The molecule has 0 radical (unpaired) electrons. The van der Waals surface area contributed by atoms with E-state index in [9.17, 15) is 10.1 Å². The number of hydrogen-bond acceptors (Lipinski definition) is 4. The van der Waals surface area contributed by atoms with Gasteiger partial charge in [-0.25, -0.2) is 0 Å². The summed E-state index contributed by atoms with van der Waals surface area (Å²) in [5.41, 5.74) is 6.44. The molecule has 1 aromatic carbocycles. The zero-order chi connectivity index (χ0) is 12.8. The average molecular weight is 275 g/mol. The Morgan fingerprint density at radius 1 is 1.59 bits per heavy atom. The Morgan fingerprint density at radius 2 is 2.29 bits per heavy atom. The first-order valence-electron chi connectivity index (χ1n) is 5.31. The molecule has 0 aliphatic heterocycles. The molecule has 1 rings (SSSR count). The lowest BCUT2D eigenvalue weighted by Gasteiger charge is -2.09. The monoisotopic (exact) mass is 274 g/mol. The van der Waals surface area contributed by atoms with E-state index in [1.165, 1.54) is 6.07 Å². The van der Waals surface area contributed by atoms with Gasteiger partial charge in [-0.1, -0.05) is 24.6 Å². The number of rotatable bonds is 6. The van der Waals surface area contributed by atoms with Crippen LogP contribution >= 0.6 is 23.4 Å². The summed E-state index contributed by atoms with van der Waals surface area (Å²) in [6.45, 7) is 2.02. The third-order valence-corrected chi connectivity index (χ3v) is 3.90. The number of nitro groups is 1. The van der Waals surface area contributed by atoms with Crippen LogP contribution in [-0.2, 0) is 5.75 Å². The molecule has 0 spiro atoms. The van der Waals surface area contributed by atoms with Gasteiger partial charge in [0, 0.05) is 23.6 Å². The van der Waals surface area contributed by atoms with E-state index in [4.69, 9.17) is 17.3 Å². The molecule has 2 N–H and O–H groups in total. The number of benzene rings is 1. The number of hydrogen-bond donors (Lipinski definition) is 1. The molecule has 0 bridgehead atoms. The van der Waals surface area contributed by atoms with Crippen LogP contribution in [0.2, 0.25) is 5.02 Å². The number of halogens is 1. The fourth-order valence-corrected chi connectivity index (χ4v) is 2.77. The number of nitro benzene ring substituents is 1. The molecule has 0 aliphatic rings. The van der Waals surface area contributed by atoms with E-state index in [-0.39, 0.29) is 11.7 Å². The van der Waals surface area contributed by atoms with Crippen molar-refractivity contribution in [2.24, 2.45) is 5.73 Å². The molecule has 1 unspecified atom stereocenters. The highest BCUT2D eigenvalue weighted by molar-refractivity contribution is 7.98. The minimum atomic E-state index is -0.401. The fraction of sp³-hybridized carbons (Fsp3) is 0.455. The molecule has 1 aromatic rings. The zero-order valence-electron chi connectivity index (χ0n) is 9.56. The molecule has 0 aliphatic carbocycles. The Balaban J connectivity index is 2.72. The lowest BCUT2D eigenvalue weighted by molar-refractivity contribution is -0.385. The molecule has 6 heteroatoms. The molecule has 0 heterocycles. The van der Waals surface area contributed by atoms with Gasteiger partial charge in [0.25, 0.3) is 5.69 Å². The Hall–Kier alpha value is -0.780. The fourth-order valence-electron chi connectivity index (χ4n) is 1.29. The highest BCUT2D eigenvalue weighted by Crippen LogP contribution is 2.30. The Bertz CT molecular complexity index is 401. The smallest absolute Gasteiger partial charge is 0.274 e. The number of nitrogens with zero attached hydrogens (tertiary/aromatic N) is 1. The van der Waals surface area contributed by atoms with Crippen LogP contribution in [0.3, 0.4) is 0 Å². The predicted molar refractivity (Wildman–Crippen MR) is 72.5 cm³/mol. The van der Waals surface area contributed by atoms with Gasteiger partial charge in [0.1, 0.15) is 0 Å². The molecule has 94 valence electrons. The van der Waals surface area contributed by atoms with E-state index in [0.29, 0.717) is 16.3 Å². The van der Waals surface area contributed by atoms with E-state index in [2.05, 4.69) is 0 Å². The standard InChI is InChI=1S/C11H15ClN2O2S/c1-2-8(13)6-17-7-9-10(12)4-3-5-11(9)14(15)16/h3-5,8H,2,6-7,13H2,1H3. The number of nitrogens with two attached hydrogens (primary N) is 1. The minimum Gasteiger partial charge on any atom is -0.327 e. The van der Waals surface area contributed by atoms with Gasteiger partial charge in [0.15, 0.2) is 0 Å². The summed E-state index contributed by atoms with van der Waals surface area (Å²) < 4.78 is 0. The first-order chi connectivity index (χ1) is 8.06. The largest absolute Gasteiger partial charge is 0.327 e. The molecule has 0 saturated heterocycles. The van der Waals surface area contributed by atoms with Gasteiger partial charge in [-0.2, -0.15) is 11.8 Å². The highest BCUT2D eigenvalue weighted by Gasteiger charge is 2.16. The minimum absolute atomic E-state index is 0.0788. The van der Waals surface area contributed by atoms with Crippen LogP contribution in [0.15, 0.2) is 18.2 Å². The Morgan fingerprint density at radius 3 is 2.88 bits per heavy atom. The second kappa shape index (κ2) is 6.83. The third kappa shape index (κ3) is 4.18. The van der Waals surface area contributed by atoms with Crippen LogP contribution in [0.1, 0.15) is 18.9 Å². The molecule has 17 heavy (non-hydrogen) atoms. The van der Waals surface area contributed by atoms with Crippen LogP contribution < -0.4 is 5.73 Å². The molecule has 1 atom stereocenters. The van der Waals surface area contributed by atoms with Crippen molar-refractivity contribution in [2.75, 3.05) is 5.75 Å². The summed E-state index contributed by atoms with van der Waals surface area (Å²) in [4.78, 5) is 10.4. The van der Waals surface area contributed by atoms with Crippen LogP contribution in [0, 0.1) is 10.1 Å². The SMILES string of the molecule is CCC(N)CSCc1c(Cl)cccc1[N+](=O)[O-]. The lowest BCUT2D eigenvalue weighted by Crippen LogP contribution is -2.21. The molecule has 0 amide bonds. The van der Waals surface area contributed by atoms with Crippen molar-refractivity contribution < 1.29 is 4.92 Å². The van der Waals surface area contributed by atoms with Crippen LogP contribution in [0.5, 0.6) is 0 Å². The molecular formula is C11H15ClN2O2S. The van der Waals surface area contributed by atoms with Gasteiger partial charge in [-0.15, -0.1) is 0 Å². The van der Waals surface area contributed by atoms with E-state index in [1.54, 1.807) is 23.9 Å². The van der Waals surface area contributed by atoms with E-state index in [1.807, 2.05) is 6.92 Å². The van der Waals surface area contributed by atoms with E-state index in [0.717, 1.165) is 12.2 Å². The second-order valence-corrected chi connectivity index (χ2v) is 5.12. The van der Waals surface area contributed by atoms with Crippen molar-refractivity contribution in [2.45, 2.75) is 25.1 Å². The van der Waals surface area contributed by atoms with Crippen molar-refractivity contribution in [1.29, 1.82) is 0 Å². The quantitative estimate of drug-likeness (QED) is 0.639. The normalized spacial score (nSPS) is 12.4. The highest BCUT2D eigenvalue weighted by atomic mass is 35.5. The maximum Gasteiger partial charge on any atom is 0.274 e. The van der Waals surface area contributed by atoms with Crippen molar-refractivity contribution in [1.82, 2.24) is 0 Å². The van der Waals surface area contributed by atoms with Crippen molar-refractivity contribution >= 4 is 29.1 Å². The number of thioether (sulfide) groups is 1. The van der Waals surface area contributed by atoms with Crippen molar-refractivity contribution in [3.63, 3.8) is 0 Å². The first-order valence-corrected chi connectivity index (χ1v) is 6.84. The Labute approximate surface area is 110 Å². The van der Waals surface area contributed by atoms with Gasteiger partial charge < -0.3 is 5.73 Å². The van der Waals surface area contributed by atoms with E-state index < -0.39 is 4.92 Å². The average Bonchev–Trinajstić information content (AvgIpc) is 2.30. The van der Waals surface area contributed by atoms with Crippen molar-refractivity contribution in [3.8, 4) is 0 Å². The molecule has 0 aromatic heterocycles. The lowest BCUT2D eigenvalue weighted by atomic mass is 10.2. The molecular weight excluding hydrogens is 260 g/mol. The summed E-state index contributed by atoms with van der Waals surface area (Å²) >= 11 is 7.54. The maximum absolute atomic E-state index is 10.8. The third-order valence-electron chi connectivity index (χ3n) is 2.39. The zero-order valence-corrected chi connectivity index (χ0v) is 11.1. The van der Waals surface area contributed by atoms with Gasteiger partial charge in [-0.3, -0.25) is 10.1 Å². The summed E-state index contributed by atoms with van der Waals surface area (Å²) in [5.74, 6) is 1.29. The van der Waals surface area contributed by atoms with Crippen LogP contribution in [-0.4, -0.2) is 16.7 Å². The van der Waals surface area contributed by atoms with E-state index >= 15 is 0 Å². The van der Waals surface area contributed by atoms with Crippen LogP contribution in [0.25, 0.3) is 0 Å². The van der Waals surface area contributed by atoms with Gasteiger partial charge in [0.2, 0.25) is 0 Å². The summed E-state index contributed by atoms with van der Waals surface area (Å²) in [7, 11) is 0. The summed E-state index contributed by atoms with van der Waals surface area (Å²) in [6.07, 6.45) is 0.900. The van der Waals surface area contributed by atoms with Gasteiger partial charge >= 0.3 is 0 Å². The Kier molecular flexibility index (Phi) is 5.74. The van der Waals surface area contributed by atoms with Gasteiger partial charge in [0.05, 0.1) is 15.5 Å².